The van der Waals surface area contributed by atoms with Crippen LogP contribution in [-0.2, 0) is 5.41 Å². The van der Waals surface area contributed by atoms with E-state index in [1.54, 1.807) is 5.56 Å². The molecule has 2 unspecified atom stereocenters. The van der Waals surface area contributed by atoms with Gasteiger partial charge < -0.3 is 4.90 Å². The number of rotatable bonds is 3. The average Bonchev–Trinajstić information content (AvgIpc) is 2.84. The van der Waals surface area contributed by atoms with Crippen molar-refractivity contribution in [3.05, 3.63) is 35.4 Å². The molecule has 2 fully saturated rings. The summed E-state index contributed by atoms with van der Waals surface area (Å²) in [5, 5.41) is 0. The quantitative estimate of drug-likeness (QED) is 0.749. The first-order chi connectivity index (χ1) is 7.74. The van der Waals surface area contributed by atoms with Crippen LogP contribution in [0.3, 0.4) is 0 Å². The highest BCUT2D eigenvalue weighted by Crippen LogP contribution is 2.58. The molecule has 0 spiro atoms. The zero-order valence-electron chi connectivity index (χ0n) is 10.4. The molecule has 1 aliphatic heterocycles. The molecule has 2 aliphatic rings. The maximum Gasteiger partial charge on any atom is 0.0124 e. The van der Waals surface area contributed by atoms with E-state index in [0.29, 0.717) is 5.41 Å². The molecule has 1 nitrogen and oxygen atoms in total. The van der Waals surface area contributed by atoms with E-state index in [2.05, 4.69) is 43.0 Å². The lowest BCUT2D eigenvalue weighted by Crippen LogP contribution is -2.27. The zero-order valence-corrected chi connectivity index (χ0v) is 10.4. The Balaban J connectivity index is 1.79. The van der Waals surface area contributed by atoms with Gasteiger partial charge in [-0.3, -0.25) is 0 Å². The number of benzene rings is 1. The predicted octanol–water partition coefficient (Wildman–Crippen LogP) is 2.98. The molecule has 1 saturated heterocycles. The molecule has 2 atom stereocenters. The van der Waals surface area contributed by atoms with Gasteiger partial charge in [-0.1, -0.05) is 36.8 Å². The van der Waals surface area contributed by atoms with Crippen molar-refractivity contribution in [3.63, 3.8) is 0 Å². The van der Waals surface area contributed by atoms with Gasteiger partial charge in [-0.05, 0) is 37.8 Å². The molecule has 0 amide bonds. The van der Waals surface area contributed by atoms with Gasteiger partial charge in [0.15, 0.2) is 0 Å². The molecule has 3 rings (SSSR count). The summed E-state index contributed by atoms with van der Waals surface area (Å²) in [6, 6.07) is 9.24. The highest BCUT2D eigenvalue weighted by molar-refractivity contribution is 5.38. The Morgan fingerprint density at radius 3 is 2.75 bits per heavy atom. The first-order valence-corrected chi connectivity index (χ1v) is 6.54. The van der Waals surface area contributed by atoms with Gasteiger partial charge in [0.1, 0.15) is 0 Å². The Kier molecular flexibility index (Phi) is 2.32. The predicted molar refractivity (Wildman–Crippen MR) is 67.7 cm³/mol. The van der Waals surface area contributed by atoms with E-state index in [4.69, 9.17) is 0 Å². The largest absolute Gasteiger partial charge is 0.302 e. The van der Waals surface area contributed by atoms with E-state index in [9.17, 15) is 0 Å². The SMILES string of the molecule is CCCN1CC2CC2(c2ccc(C)cc2)C1. The topological polar surface area (TPSA) is 3.24 Å². The molecule has 1 heterocycles. The molecule has 0 radical (unpaired) electrons. The Hall–Kier alpha value is -0.820. The van der Waals surface area contributed by atoms with Crippen LogP contribution in [0.1, 0.15) is 30.9 Å². The summed E-state index contributed by atoms with van der Waals surface area (Å²) in [5.74, 6) is 0.946. The van der Waals surface area contributed by atoms with Gasteiger partial charge in [-0.2, -0.15) is 0 Å². The van der Waals surface area contributed by atoms with E-state index >= 15 is 0 Å². The lowest BCUT2D eigenvalue weighted by Gasteiger charge is -2.20. The van der Waals surface area contributed by atoms with Crippen molar-refractivity contribution in [2.45, 2.75) is 32.1 Å². The highest BCUT2D eigenvalue weighted by Gasteiger charge is 2.60. The fourth-order valence-corrected chi connectivity index (χ4v) is 3.41. The summed E-state index contributed by atoms with van der Waals surface area (Å²) in [6.07, 6.45) is 2.72. The van der Waals surface area contributed by atoms with E-state index in [1.807, 2.05) is 0 Å². The number of nitrogens with zero attached hydrogens (tertiary/aromatic N) is 1. The smallest absolute Gasteiger partial charge is 0.0124 e. The van der Waals surface area contributed by atoms with Crippen LogP contribution >= 0.6 is 0 Å². The molecule has 0 N–H and O–H groups in total. The van der Waals surface area contributed by atoms with Crippen molar-refractivity contribution in [2.75, 3.05) is 19.6 Å². The number of hydrogen-bond acceptors (Lipinski definition) is 1. The molecule has 0 bridgehead atoms. The monoisotopic (exact) mass is 215 g/mol. The van der Waals surface area contributed by atoms with E-state index in [0.717, 1.165) is 5.92 Å². The Morgan fingerprint density at radius 1 is 1.31 bits per heavy atom. The van der Waals surface area contributed by atoms with Crippen LogP contribution in [0.15, 0.2) is 24.3 Å². The summed E-state index contributed by atoms with van der Waals surface area (Å²) >= 11 is 0. The fraction of sp³-hybridized carbons (Fsp3) is 0.600. The van der Waals surface area contributed by atoms with Crippen molar-refractivity contribution >= 4 is 0 Å². The standard InChI is InChI=1S/C15H21N/c1-3-8-16-10-14-9-15(14,11-16)13-6-4-12(2)5-7-13/h4-7,14H,3,8-11H2,1-2H3. The van der Waals surface area contributed by atoms with Gasteiger partial charge in [0, 0.05) is 18.5 Å². The number of aryl methyl sites for hydroxylation is 1. The van der Waals surface area contributed by atoms with Gasteiger partial charge in [-0.15, -0.1) is 0 Å². The third-order valence-electron chi connectivity index (χ3n) is 4.38. The molecule has 1 aromatic rings. The van der Waals surface area contributed by atoms with Crippen molar-refractivity contribution in [3.8, 4) is 0 Å². The minimum Gasteiger partial charge on any atom is -0.302 e. The molecule has 1 aliphatic carbocycles. The lowest BCUT2D eigenvalue weighted by molar-refractivity contribution is 0.299. The average molecular weight is 215 g/mol. The van der Waals surface area contributed by atoms with Gasteiger partial charge in [0.25, 0.3) is 0 Å². The van der Waals surface area contributed by atoms with Crippen molar-refractivity contribution in [2.24, 2.45) is 5.92 Å². The molecule has 0 aromatic heterocycles. The minimum atomic E-state index is 0.545. The van der Waals surface area contributed by atoms with Gasteiger partial charge in [0.05, 0.1) is 0 Å². The Labute approximate surface area is 98.5 Å². The molecule has 1 heteroatoms. The van der Waals surface area contributed by atoms with Crippen LogP contribution in [0.4, 0.5) is 0 Å². The van der Waals surface area contributed by atoms with Crippen LogP contribution < -0.4 is 0 Å². The highest BCUT2D eigenvalue weighted by atomic mass is 15.2. The van der Waals surface area contributed by atoms with Crippen LogP contribution in [-0.4, -0.2) is 24.5 Å². The maximum atomic E-state index is 2.65. The van der Waals surface area contributed by atoms with E-state index < -0.39 is 0 Å². The second kappa shape index (κ2) is 3.59. The van der Waals surface area contributed by atoms with Crippen LogP contribution in [0.5, 0.6) is 0 Å². The third kappa shape index (κ3) is 1.49. The Bertz CT molecular complexity index is 381. The number of piperidine rings is 1. The van der Waals surface area contributed by atoms with Crippen LogP contribution in [0.2, 0.25) is 0 Å². The first kappa shape index (κ1) is 10.3. The third-order valence-corrected chi connectivity index (χ3v) is 4.38. The summed E-state index contributed by atoms with van der Waals surface area (Å²) in [6.45, 7) is 8.37. The minimum absolute atomic E-state index is 0.545. The van der Waals surface area contributed by atoms with Gasteiger partial charge >= 0.3 is 0 Å². The second-order valence-electron chi connectivity index (χ2n) is 5.66. The maximum absolute atomic E-state index is 2.65. The normalized spacial score (nSPS) is 32.8. The molecular formula is C15H21N. The van der Waals surface area contributed by atoms with Gasteiger partial charge in [0.2, 0.25) is 0 Å². The first-order valence-electron chi connectivity index (χ1n) is 6.54. The van der Waals surface area contributed by atoms with Crippen molar-refractivity contribution < 1.29 is 0 Å². The van der Waals surface area contributed by atoms with Crippen LogP contribution in [0.25, 0.3) is 0 Å². The fourth-order valence-electron chi connectivity index (χ4n) is 3.41. The molecule has 1 aromatic carbocycles. The van der Waals surface area contributed by atoms with Crippen molar-refractivity contribution in [1.29, 1.82) is 0 Å². The second-order valence-corrected chi connectivity index (χ2v) is 5.66. The number of fused-ring (bicyclic) bond motifs is 1. The van der Waals surface area contributed by atoms with E-state index in [1.165, 1.54) is 38.0 Å². The molecule has 86 valence electrons. The summed E-state index contributed by atoms with van der Waals surface area (Å²) in [4.78, 5) is 2.65. The van der Waals surface area contributed by atoms with Crippen LogP contribution in [0, 0.1) is 12.8 Å². The number of hydrogen-bond donors (Lipinski definition) is 0. The summed E-state index contributed by atoms with van der Waals surface area (Å²) in [5.41, 5.74) is 3.51. The van der Waals surface area contributed by atoms with E-state index in [-0.39, 0.29) is 0 Å². The summed E-state index contributed by atoms with van der Waals surface area (Å²) < 4.78 is 0. The van der Waals surface area contributed by atoms with Gasteiger partial charge in [-0.25, -0.2) is 0 Å². The molecule has 1 saturated carbocycles. The Morgan fingerprint density at radius 2 is 2.06 bits per heavy atom. The van der Waals surface area contributed by atoms with Crippen molar-refractivity contribution in [1.82, 2.24) is 4.90 Å². The lowest BCUT2D eigenvalue weighted by atomic mass is 9.94. The molecule has 16 heavy (non-hydrogen) atoms. The number of likely N-dealkylation sites (tertiary alicyclic amines) is 1. The summed E-state index contributed by atoms with van der Waals surface area (Å²) in [7, 11) is 0. The zero-order chi connectivity index (χ0) is 11.2. The molecular weight excluding hydrogens is 194 g/mol.